The van der Waals surface area contributed by atoms with Crippen LogP contribution in [0.4, 0.5) is 0 Å². The lowest BCUT2D eigenvalue weighted by Crippen LogP contribution is -2.37. The minimum atomic E-state index is -0.354. The molecule has 0 saturated carbocycles. The number of rotatable bonds is 2. The van der Waals surface area contributed by atoms with Crippen molar-refractivity contribution in [2.45, 2.75) is 26.5 Å². The highest BCUT2D eigenvalue weighted by molar-refractivity contribution is 5.96. The SMILES string of the molecule is Cc1ccc(-c2c3c(=O)n(C)c(=O)n(C)c3c3n2CCO[C@@H]3c2cccc(C)c2)cc1. The van der Waals surface area contributed by atoms with Crippen LogP contribution in [0.1, 0.15) is 28.5 Å². The maximum absolute atomic E-state index is 13.4. The van der Waals surface area contributed by atoms with Crippen molar-refractivity contribution in [2.75, 3.05) is 6.61 Å². The molecule has 0 amide bonds. The highest BCUT2D eigenvalue weighted by Gasteiger charge is 2.33. The zero-order chi connectivity index (χ0) is 21.9. The zero-order valence-electron chi connectivity index (χ0n) is 18.2. The smallest absolute Gasteiger partial charge is 0.331 e. The fraction of sp³-hybridized carbons (Fsp3) is 0.280. The minimum Gasteiger partial charge on any atom is -0.365 e. The Balaban J connectivity index is 1.94. The number of nitrogens with zero attached hydrogens (tertiary/aromatic N) is 3. The quantitative estimate of drug-likeness (QED) is 0.504. The van der Waals surface area contributed by atoms with Crippen molar-refractivity contribution < 1.29 is 4.74 Å². The van der Waals surface area contributed by atoms with Crippen LogP contribution >= 0.6 is 0 Å². The predicted octanol–water partition coefficient (Wildman–Crippen LogP) is 3.44. The summed E-state index contributed by atoms with van der Waals surface area (Å²) in [4.78, 5) is 26.2. The van der Waals surface area contributed by atoms with Crippen LogP contribution < -0.4 is 11.2 Å². The molecule has 0 bridgehead atoms. The second kappa shape index (κ2) is 7.10. The van der Waals surface area contributed by atoms with Crippen molar-refractivity contribution in [2.24, 2.45) is 14.1 Å². The third kappa shape index (κ3) is 2.90. The topological polar surface area (TPSA) is 58.2 Å². The highest BCUT2D eigenvalue weighted by atomic mass is 16.5. The van der Waals surface area contributed by atoms with Gasteiger partial charge in [0.1, 0.15) is 6.10 Å². The molecular weight excluding hydrogens is 390 g/mol. The fourth-order valence-corrected chi connectivity index (χ4v) is 4.68. The van der Waals surface area contributed by atoms with Crippen LogP contribution in [0.25, 0.3) is 22.2 Å². The summed E-state index contributed by atoms with van der Waals surface area (Å²) in [7, 11) is 3.26. The molecule has 6 nitrogen and oxygen atoms in total. The molecule has 0 radical (unpaired) electrons. The molecule has 31 heavy (non-hydrogen) atoms. The van der Waals surface area contributed by atoms with E-state index < -0.39 is 0 Å². The molecule has 0 saturated heterocycles. The monoisotopic (exact) mass is 415 g/mol. The highest BCUT2D eigenvalue weighted by Crippen LogP contribution is 2.40. The fourth-order valence-electron chi connectivity index (χ4n) is 4.68. The van der Waals surface area contributed by atoms with E-state index >= 15 is 0 Å². The van der Waals surface area contributed by atoms with E-state index in [-0.39, 0.29) is 17.4 Å². The first kappa shape index (κ1) is 19.6. The van der Waals surface area contributed by atoms with Crippen LogP contribution in [-0.4, -0.2) is 20.3 Å². The summed E-state index contributed by atoms with van der Waals surface area (Å²) in [6, 6.07) is 16.4. The van der Waals surface area contributed by atoms with Gasteiger partial charge in [-0.2, -0.15) is 0 Å². The van der Waals surface area contributed by atoms with E-state index in [1.165, 1.54) is 11.6 Å². The molecule has 4 aromatic rings. The maximum Gasteiger partial charge on any atom is 0.331 e. The second-order valence-corrected chi connectivity index (χ2v) is 8.35. The van der Waals surface area contributed by atoms with Crippen molar-refractivity contribution >= 4 is 10.9 Å². The van der Waals surface area contributed by atoms with Gasteiger partial charge in [0.25, 0.3) is 5.56 Å². The van der Waals surface area contributed by atoms with Crippen LogP contribution in [-0.2, 0) is 25.4 Å². The molecule has 1 atom stereocenters. The number of ether oxygens (including phenoxy) is 1. The molecule has 1 aliphatic heterocycles. The van der Waals surface area contributed by atoms with E-state index in [1.54, 1.807) is 11.6 Å². The van der Waals surface area contributed by atoms with Crippen molar-refractivity contribution in [3.05, 3.63) is 91.8 Å². The van der Waals surface area contributed by atoms with Gasteiger partial charge in [-0.25, -0.2) is 4.79 Å². The van der Waals surface area contributed by atoms with Gasteiger partial charge in [0, 0.05) is 20.6 Å². The summed E-state index contributed by atoms with van der Waals surface area (Å²) >= 11 is 0. The lowest BCUT2D eigenvalue weighted by molar-refractivity contribution is 0.0478. The van der Waals surface area contributed by atoms with Crippen molar-refractivity contribution in [3.63, 3.8) is 0 Å². The van der Waals surface area contributed by atoms with Gasteiger partial charge in [0.05, 0.1) is 28.9 Å². The Labute approximate surface area is 179 Å². The zero-order valence-corrected chi connectivity index (χ0v) is 18.2. The van der Waals surface area contributed by atoms with E-state index in [1.807, 2.05) is 56.3 Å². The Morgan fingerprint density at radius 2 is 1.68 bits per heavy atom. The standard InChI is InChI=1S/C25H25N3O3/c1-15-8-10-17(11-9-15)20-19-21(26(3)25(30)27(4)24(19)29)22-23(31-13-12-28(20)22)18-7-5-6-16(2)14-18/h5-11,14,23H,12-13H2,1-4H3/t23-/m1/s1. The van der Waals surface area contributed by atoms with E-state index in [4.69, 9.17) is 4.74 Å². The normalized spacial score (nSPS) is 15.9. The molecule has 5 rings (SSSR count). The molecule has 0 spiro atoms. The first-order valence-electron chi connectivity index (χ1n) is 10.5. The van der Waals surface area contributed by atoms with E-state index in [9.17, 15) is 9.59 Å². The molecule has 0 unspecified atom stereocenters. The molecule has 0 aliphatic carbocycles. The number of aryl methyl sites for hydroxylation is 3. The second-order valence-electron chi connectivity index (χ2n) is 8.35. The Hall–Kier alpha value is -3.38. The van der Waals surface area contributed by atoms with Crippen LogP contribution in [0.5, 0.6) is 0 Å². The molecule has 0 fully saturated rings. The Morgan fingerprint density at radius 1 is 0.935 bits per heavy atom. The van der Waals surface area contributed by atoms with Gasteiger partial charge in [-0.1, -0.05) is 59.7 Å². The van der Waals surface area contributed by atoms with Crippen LogP contribution in [0.15, 0.2) is 58.1 Å². The van der Waals surface area contributed by atoms with Gasteiger partial charge in [-0.3, -0.25) is 13.9 Å². The van der Waals surface area contributed by atoms with Crippen LogP contribution in [0.2, 0.25) is 0 Å². The predicted molar refractivity (Wildman–Crippen MR) is 122 cm³/mol. The maximum atomic E-state index is 13.4. The Kier molecular flexibility index (Phi) is 4.48. The summed E-state index contributed by atoms with van der Waals surface area (Å²) in [5.74, 6) is 0. The van der Waals surface area contributed by atoms with Crippen LogP contribution in [0, 0.1) is 13.8 Å². The van der Waals surface area contributed by atoms with Crippen molar-refractivity contribution in [3.8, 4) is 11.3 Å². The summed E-state index contributed by atoms with van der Waals surface area (Å²) in [5, 5.41) is 0.562. The average Bonchev–Trinajstić information content (AvgIpc) is 3.12. The molecule has 158 valence electrons. The number of aromatic nitrogens is 3. The number of benzene rings is 2. The molecule has 2 aromatic carbocycles. The van der Waals surface area contributed by atoms with Gasteiger partial charge in [-0.15, -0.1) is 0 Å². The molecule has 1 aliphatic rings. The molecule has 2 aromatic heterocycles. The third-order valence-electron chi connectivity index (χ3n) is 6.22. The average molecular weight is 415 g/mol. The van der Waals surface area contributed by atoms with Gasteiger partial charge >= 0.3 is 5.69 Å². The third-order valence-corrected chi connectivity index (χ3v) is 6.22. The van der Waals surface area contributed by atoms with Gasteiger partial charge in [0.15, 0.2) is 0 Å². The first-order valence-corrected chi connectivity index (χ1v) is 10.5. The van der Waals surface area contributed by atoms with Gasteiger partial charge in [-0.05, 0) is 25.0 Å². The largest absolute Gasteiger partial charge is 0.365 e. The van der Waals surface area contributed by atoms with Gasteiger partial charge < -0.3 is 9.30 Å². The molecule has 0 N–H and O–H groups in total. The Bertz CT molecular complexity index is 1440. The lowest BCUT2D eigenvalue weighted by atomic mass is 10.0. The van der Waals surface area contributed by atoms with E-state index in [0.717, 1.165) is 33.6 Å². The first-order chi connectivity index (χ1) is 14.9. The number of fused-ring (bicyclic) bond motifs is 3. The van der Waals surface area contributed by atoms with Crippen molar-refractivity contribution in [1.29, 1.82) is 0 Å². The lowest BCUT2D eigenvalue weighted by Gasteiger charge is -2.28. The summed E-state index contributed by atoms with van der Waals surface area (Å²) in [6.45, 7) is 5.24. The van der Waals surface area contributed by atoms with Crippen LogP contribution in [0.3, 0.4) is 0 Å². The van der Waals surface area contributed by atoms with Gasteiger partial charge in [0.2, 0.25) is 0 Å². The molecular formula is C25H25N3O3. The summed E-state index contributed by atoms with van der Waals surface area (Å²) < 4.78 is 11.2. The summed E-state index contributed by atoms with van der Waals surface area (Å²) in [6.07, 6.45) is -0.354. The van der Waals surface area contributed by atoms with E-state index in [0.29, 0.717) is 24.1 Å². The number of hydrogen-bond acceptors (Lipinski definition) is 3. The molecule has 6 heteroatoms. The molecule has 3 heterocycles. The van der Waals surface area contributed by atoms with Crippen molar-refractivity contribution in [1.82, 2.24) is 13.7 Å². The summed E-state index contributed by atoms with van der Waals surface area (Å²) in [5.41, 5.74) is 6.01. The number of hydrogen-bond donors (Lipinski definition) is 0. The van der Waals surface area contributed by atoms with E-state index in [2.05, 4.69) is 10.6 Å². The Morgan fingerprint density at radius 3 is 2.39 bits per heavy atom. The minimum absolute atomic E-state index is 0.279.